The summed E-state index contributed by atoms with van der Waals surface area (Å²) in [5, 5.41) is 2.90. The maximum absolute atomic E-state index is 12.7. The Morgan fingerprint density at radius 2 is 1.96 bits per heavy atom. The fraction of sp³-hybridized carbons (Fsp3) is 0.368. The van der Waals surface area contributed by atoms with Gasteiger partial charge < -0.3 is 24.7 Å². The van der Waals surface area contributed by atoms with Crippen LogP contribution in [0.4, 0.5) is 11.4 Å². The highest BCUT2D eigenvalue weighted by Gasteiger charge is 2.22. The number of carbonyl (C=O) groups is 2. The number of nitrogens with zero attached hydrogens (tertiary/aromatic N) is 1. The molecule has 0 radical (unpaired) electrons. The quantitative estimate of drug-likeness (QED) is 0.822. The number of rotatable bonds is 4. The molecule has 7 heteroatoms. The van der Waals surface area contributed by atoms with E-state index in [1.807, 2.05) is 24.3 Å². The van der Waals surface area contributed by atoms with Crippen molar-refractivity contribution in [3.8, 4) is 0 Å². The smallest absolute Gasteiger partial charge is 0.339 e. The van der Waals surface area contributed by atoms with Crippen LogP contribution in [0.15, 0.2) is 24.3 Å². The summed E-state index contributed by atoms with van der Waals surface area (Å²) >= 11 is 0. The van der Waals surface area contributed by atoms with Crippen molar-refractivity contribution in [1.29, 1.82) is 0 Å². The molecular formula is C19H23N3O4. The van der Waals surface area contributed by atoms with Crippen molar-refractivity contribution in [3.63, 3.8) is 0 Å². The lowest BCUT2D eigenvalue weighted by molar-refractivity contribution is 0.0599. The van der Waals surface area contributed by atoms with Crippen molar-refractivity contribution in [2.45, 2.75) is 13.8 Å². The Balaban J connectivity index is 1.79. The van der Waals surface area contributed by atoms with Gasteiger partial charge in [0.25, 0.3) is 5.91 Å². The van der Waals surface area contributed by atoms with E-state index in [0.717, 1.165) is 18.8 Å². The van der Waals surface area contributed by atoms with E-state index in [-0.39, 0.29) is 5.91 Å². The largest absolute Gasteiger partial charge is 0.465 e. The number of ether oxygens (including phenoxy) is 2. The maximum Gasteiger partial charge on any atom is 0.339 e. The topological polar surface area (TPSA) is 83.7 Å². The molecule has 7 nitrogen and oxygen atoms in total. The van der Waals surface area contributed by atoms with Crippen molar-refractivity contribution in [2.24, 2.45) is 0 Å². The molecule has 1 amide bonds. The molecule has 0 saturated carbocycles. The van der Waals surface area contributed by atoms with Gasteiger partial charge in [0, 0.05) is 30.2 Å². The van der Waals surface area contributed by atoms with E-state index in [1.165, 1.54) is 7.11 Å². The molecule has 1 saturated heterocycles. The van der Waals surface area contributed by atoms with Crippen LogP contribution in [-0.4, -0.2) is 50.3 Å². The van der Waals surface area contributed by atoms with Gasteiger partial charge in [-0.3, -0.25) is 4.79 Å². The summed E-state index contributed by atoms with van der Waals surface area (Å²) < 4.78 is 10.2. The number of H-pyrrole nitrogens is 1. The fourth-order valence-corrected chi connectivity index (χ4v) is 3.18. The second-order valence-corrected chi connectivity index (χ2v) is 6.22. The minimum Gasteiger partial charge on any atom is -0.465 e. The molecule has 1 aliphatic heterocycles. The molecule has 2 N–H and O–H groups in total. The highest BCUT2D eigenvalue weighted by molar-refractivity contribution is 6.07. The lowest BCUT2D eigenvalue weighted by Crippen LogP contribution is -2.36. The Kier molecular flexibility index (Phi) is 5.27. The third kappa shape index (κ3) is 3.57. The Morgan fingerprint density at radius 3 is 2.65 bits per heavy atom. The summed E-state index contributed by atoms with van der Waals surface area (Å²) in [6.45, 7) is 6.54. The van der Waals surface area contributed by atoms with Gasteiger partial charge in [0.2, 0.25) is 0 Å². The summed E-state index contributed by atoms with van der Waals surface area (Å²) in [5.41, 5.74) is 3.70. The van der Waals surface area contributed by atoms with Crippen LogP contribution < -0.4 is 10.2 Å². The number of hydrogen-bond donors (Lipinski definition) is 2. The summed E-state index contributed by atoms with van der Waals surface area (Å²) in [4.78, 5) is 29.8. The molecule has 1 aromatic heterocycles. The van der Waals surface area contributed by atoms with Gasteiger partial charge in [0.1, 0.15) is 5.69 Å². The Bertz CT molecular complexity index is 822. The van der Waals surface area contributed by atoms with Crippen molar-refractivity contribution in [3.05, 3.63) is 46.8 Å². The number of morpholine rings is 1. The summed E-state index contributed by atoms with van der Waals surface area (Å²) in [7, 11) is 1.32. The van der Waals surface area contributed by atoms with E-state index in [2.05, 4.69) is 15.2 Å². The number of benzene rings is 1. The number of carbonyl (C=O) groups excluding carboxylic acids is 2. The molecule has 2 heterocycles. The molecule has 3 rings (SSSR count). The van der Waals surface area contributed by atoms with Crippen LogP contribution in [0.5, 0.6) is 0 Å². The predicted molar refractivity (Wildman–Crippen MR) is 99.0 cm³/mol. The van der Waals surface area contributed by atoms with Gasteiger partial charge in [0.15, 0.2) is 0 Å². The molecule has 0 bridgehead atoms. The Labute approximate surface area is 152 Å². The average molecular weight is 357 g/mol. The van der Waals surface area contributed by atoms with Crippen LogP contribution in [0.25, 0.3) is 0 Å². The normalized spacial score (nSPS) is 14.2. The van der Waals surface area contributed by atoms with Crippen LogP contribution in [0.3, 0.4) is 0 Å². The SMILES string of the molecule is COC(=O)c1c(C)[nH]c(C(=O)Nc2cccc(N3CCOCC3)c2)c1C. The molecule has 26 heavy (non-hydrogen) atoms. The number of esters is 1. The number of hydrogen-bond acceptors (Lipinski definition) is 5. The molecule has 0 aliphatic carbocycles. The van der Waals surface area contributed by atoms with Gasteiger partial charge in [-0.05, 0) is 37.6 Å². The van der Waals surface area contributed by atoms with Crippen LogP contribution in [0, 0.1) is 13.8 Å². The first-order chi connectivity index (χ1) is 12.5. The molecular weight excluding hydrogens is 334 g/mol. The first-order valence-corrected chi connectivity index (χ1v) is 8.53. The van der Waals surface area contributed by atoms with Gasteiger partial charge >= 0.3 is 5.97 Å². The highest BCUT2D eigenvalue weighted by atomic mass is 16.5. The van der Waals surface area contributed by atoms with Crippen molar-refractivity contribution in [1.82, 2.24) is 4.98 Å². The number of aryl methyl sites for hydroxylation is 1. The van der Waals surface area contributed by atoms with E-state index in [4.69, 9.17) is 9.47 Å². The summed E-state index contributed by atoms with van der Waals surface area (Å²) in [5.74, 6) is -0.746. The van der Waals surface area contributed by atoms with Crippen LogP contribution in [0.1, 0.15) is 32.1 Å². The molecule has 1 fully saturated rings. The highest BCUT2D eigenvalue weighted by Crippen LogP contribution is 2.23. The number of aromatic amines is 1. The summed E-state index contributed by atoms with van der Waals surface area (Å²) in [6, 6.07) is 7.71. The number of amides is 1. The zero-order chi connectivity index (χ0) is 18.7. The summed E-state index contributed by atoms with van der Waals surface area (Å²) in [6.07, 6.45) is 0. The molecule has 2 aromatic rings. The fourth-order valence-electron chi connectivity index (χ4n) is 3.18. The van der Waals surface area contributed by atoms with E-state index >= 15 is 0 Å². The van der Waals surface area contributed by atoms with Gasteiger partial charge in [-0.2, -0.15) is 0 Å². The van der Waals surface area contributed by atoms with Gasteiger partial charge in [-0.25, -0.2) is 4.79 Å². The number of anilines is 2. The molecule has 0 unspecified atom stereocenters. The van der Waals surface area contributed by atoms with Crippen LogP contribution in [-0.2, 0) is 9.47 Å². The standard InChI is InChI=1S/C19H23N3O4/c1-12-16(19(24)25-3)13(2)20-17(12)18(23)21-14-5-4-6-15(11-14)22-7-9-26-10-8-22/h4-6,11,20H,7-10H2,1-3H3,(H,21,23). The monoisotopic (exact) mass is 357 g/mol. The molecule has 138 valence electrons. The maximum atomic E-state index is 12.7. The number of methoxy groups -OCH3 is 1. The predicted octanol–water partition coefficient (Wildman–Crippen LogP) is 2.51. The van der Waals surface area contributed by atoms with Crippen LogP contribution in [0.2, 0.25) is 0 Å². The molecule has 1 aliphatic rings. The van der Waals surface area contributed by atoms with E-state index in [1.54, 1.807) is 13.8 Å². The lowest BCUT2D eigenvalue weighted by Gasteiger charge is -2.29. The molecule has 0 spiro atoms. The Hall–Kier alpha value is -2.80. The Morgan fingerprint density at radius 1 is 1.23 bits per heavy atom. The third-order valence-corrected chi connectivity index (χ3v) is 4.53. The number of aromatic nitrogens is 1. The second kappa shape index (κ2) is 7.61. The minimum absolute atomic E-state index is 0.292. The zero-order valence-corrected chi connectivity index (χ0v) is 15.2. The molecule has 1 aromatic carbocycles. The number of nitrogens with one attached hydrogen (secondary N) is 2. The zero-order valence-electron chi connectivity index (χ0n) is 15.2. The van der Waals surface area contributed by atoms with E-state index in [9.17, 15) is 9.59 Å². The van der Waals surface area contributed by atoms with E-state index in [0.29, 0.717) is 41.4 Å². The average Bonchev–Trinajstić information content (AvgIpc) is 2.96. The van der Waals surface area contributed by atoms with Gasteiger partial charge in [-0.15, -0.1) is 0 Å². The van der Waals surface area contributed by atoms with Crippen molar-refractivity contribution < 1.29 is 19.1 Å². The minimum atomic E-state index is -0.454. The first kappa shape index (κ1) is 18.0. The van der Waals surface area contributed by atoms with E-state index < -0.39 is 5.97 Å². The second-order valence-electron chi connectivity index (χ2n) is 6.22. The first-order valence-electron chi connectivity index (χ1n) is 8.53. The lowest BCUT2D eigenvalue weighted by atomic mass is 10.1. The van der Waals surface area contributed by atoms with Gasteiger partial charge in [-0.1, -0.05) is 6.07 Å². The van der Waals surface area contributed by atoms with Crippen molar-refractivity contribution in [2.75, 3.05) is 43.6 Å². The molecule has 0 atom stereocenters. The third-order valence-electron chi connectivity index (χ3n) is 4.53. The van der Waals surface area contributed by atoms with Crippen molar-refractivity contribution >= 4 is 23.3 Å². The van der Waals surface area contributed by atoms with Crippen LogP contribution >= 0.6 is 0 Å². The van der Waals surface area contributed by atoms with Gasteiger partial charge in [0.05, 0.1) is 25.9 Å².